The van der Waals surface area contributed by atoms with Crippen molar-refractivity contribution in [2.24, 2.45) is 0 Å². The van der Waals surface area contributed by atoms with Crippen molar-refractivity contribution in [1.29, 1.82) is 0 Å². The standard InChI is InChI=1S/C24H21N5O4S/c1-14-3-5-17(9-15(14)2)27-20(30)12-34-24-28-22-21(25-7-8-26-22)23(31)29(24)11-16-4-6-18-19(10-16)33-13-32-18/h3-10H,11-13H2,1-2H3,(H,27,30). The molecule has 1 amide bonds. The van der Waals surface area contributed by atoms with Crippen molar-refractivity contribution in [3.05, 3.63) is 75.8 Å². The third kappa shape index (κ3) is 4.44. The summed E-state index contributed by atoms with van der Waals surface area (Å²) in [6, 6.07) is 11.3. The van der Waals surface area contributed by atoms with Crippen LogP contribution in [0, 0.1) is 13.8 Å². The van der Waals surface area contributed by atoms with Crippen molar-refractivity contribution in [2.75, 3.05) is 17.9 Å². The Morgan fingerprint density at radius 2 is 1.88 bits per heavy atom. The maximum absolute atomic E-state index is 13.2. The molecule has 0 atom stereocenters. The van der Waals surface area contributed by atoms with Gasteiger partial charge in [0, 0.05) is 18.1 Å². The molecule has 10 heteroatoms. The quantitative estimate of drug-likeness (QED) is 0.334. The number of rotatable bonds is 6. The number of fused-ring (bicyclic) bond motifs is 2. The second-order valence-electron chi connectivity index (χ2n) is 7.84. The van der Waals surface area contributed by atoms with Crippen LogP contribution in [0.25, 0.3) is 11.2 Å². The van der Waals surface area contributed by atoms with Crippen LogP contribution < -0.4 is 20.3 Å². The molecule has 0 aliphatic carbocycles. The molecule has 1 aliphatic heterocycles. The SMILES string of the molecule is Cc1ccc(NC(=O)CSc2nc3nccnc3c(=O)n2Cc2ccc3c(c2)OCO3)cc1C. The Hall–Kier alpha value is -3.92. The number of carbonyl (C=O) groups is 1. The van der Waals surface area contributed by atoms with Crippen molar-refractivity contribution >= 4 is 34.5 Å². The van der Waals surface area contributed by atoms with E-state index in [1.54, 1.807) is 6.07 Å². The lowest BCUT2D eigenvalue weighted by molar-refractivity contribution is -0.113. The van der Waals surface area contributed by atoms with Gasteiger partial charge < -0.3 is 14.8 Å². The first-order chi connectivity index (χ1) is 16.5. The van der Waals surface area contributed by atoms with E-state index < -0.39 is 0 Å². The Bertz CT molecular complexity index is 1470. The maximum atomic E-state index is 13.2. The average Bonchev–Trinajstić information content (AvgIpc) is 3.30. The fourth-order valence-corrected chi connectivity index (χ4v) is 4.33. The van der Waals surface area contributed by atoms with Crippen molar-refractivity contribution in [2.45, 2.75) is 25.5 Å². The van der Waals surface area contributed by atoms with E-state index in [4.69, 9.17) is 9.47 Å². The highest BCUT2D eigenvalue weighted by Crippen LogP contribution is 2.33. The van der Waals surface area contributed by atoms with Crippen molar-refractivity contribution < 1.29 is 14.3 Å². The summed E-state index contributed by atoms with van der Waals surface area (Å²) in [5.41, 5.74) is 3.90. The second-order valence-corrected chi connectivity index (χ2v) is 8.78. The average molecular weight is 476 g/mol. The van der Waals surface area contributed by atoms with E-state index >= 15 is 0 Å². The molecule has 5 rings (SSSR count). The van der Waals surface area contributed by atoms with Crippen LogP contribution in [0.2, 0.25) is 0 Å². The zero-order valence-corrected chi connectivity index (χ0v) is 19.4. The summed E-state index contributed by atoms with van der Waals surface area (Å²) in [7, 11) is 0. The van der Waals surface area contributed by atoms with Gasteiger partial charge in [-0.2, -0.15) is 0 Å². The van der Waals surface area contributed by atoms with E-state index in [-0.39, 0.29) is 41.7 Å². The molecule has 0 radical (unpaired) electrons. The molecular formula is C24H21N5O4S. The summed E-state index contributed by atoms with van der Waals surface area (Å²) >= 11 is 1.17. The fraction of sp³-hybridized carbons (Fsp3) is 0.208. The monoisotopic (exact) mass is 475 g/mol. The van der Waals surface area contributed by atoms with Crippen LogP contribution in [0.4, 0.5) is 5.69 Å². The maximum Gasteiger partial charge on any atom is 0.282 e. The molecule has 1 aliphatic rings. The lowest BCUT2D eigenvalue weighted by Gasteiger charge is -2.13. The first kappa shape index (κ1) is 21.9. The summed E-state index contributed by atoms with van der Waals surface area (Å²) in [5.74, 6) is 1.17. The number of hydrogen-bond acceptors (Lipinski definition) is 8. The highest BCUT2D eigenvalue weighted by Gasteiger charge is 2.18. The third-order valence-corrected chi connectivity index (χ3v) is 6.44. The van der Waals surface area contributed by atoms with E-state index in [0.29, 0.717) is 16.7 Å². The van der Waals surface area contributed by atoms with Crippen LogP contribution in [0.15, 0.2) is 58.7 Å². The molecule has 4 aromatic rings. The Morgan fingerprint density at radius 3 is 2.74 bits per heavy atom. The van der Waals surface area contributed by atoms with Crippen LogP contribution in [-0.2, 0) is 11.3 Å². The Balaban J connectivity index is 1.41. The van der Waals surface area contributed by atoms with E-state index in [1.165, 1.54) is 28.7 Å². The first-order valence-corrected chi connectivity index (χ1v) is 11.6. The highest BCUT2D eigenvalue weighted by atomic mass is 32.2. The molecule has 0 saturated heterocycles. The topological polar surface area (TPSA) is 108 Å². The Labute approximate surface area is 199 Å². The van der Waals surface area contributed by atoms with Gasteiger partial charge >= 0.3 is 0 Å². The Kier molecular flexibility index (Phi) is 5.89. The summed E-state index contributed by atoms with van der Waals surface area (Å²) in [5, 5.41) is 3.28. The molecule has 2 aromatic heterocycles. The number of carbonyl (C=O) groups excluding carboxylic acids is 1. The molecule has 1 N–H and O–H groups in total. The van der Waals surface area contributed by atoms with E-state index in [9.17, 15) is 9.59 Å². The van der Waals surface area contributed by atoms with Crippen LogP contribution in [0.1, 0.15) is 16.7 Å². The lowest BCUT2D eigenvalue weighted by atomic mass is 10.1. The van der Waals surface area contributed by atoms with Gasteiger partial charge in [-0.25, -0.2) is 15.0 Å². The summed E-state index contributed by atoms with van der Waals surface area (Å²) in [4.78, 5) is 38.7. The zero-order valence-electron chi connectivity index (χ0n) is 18.6. The summed E-state index contributed by atoms with van der Waals surface area (Å²) < 4.78 is 12.3. The minimum Gasteiger partial charge on any atom is -0.454 e. The molecule has 34 heavy (non-hydrogen) atoms. The molecule has 3 heterocycles. The van der Waals surface area contributed by atoms with Crippen molar-refractivity contribution in [3.8, 4) is 11.5 Å². The van der Waals surface area contributed by atoms with Crippen LogP contribution >= 0.6 is 11.8 Å². The number of benzene rings is 2. The predicted molar refractivity (Wildman–Crippen MR) is 129 cm³/mol. The minimum atomic E-state index is -0.326. The number of aromatic nitrogens is 4. The lowest BCUT2D eigenvalue weighted by Crippen LogP contribution is -2.25. The van der Waals surface area contributed by atoms with Gasteiger partial charge in [-0.1, -0.05) is 23.9 Å². The third-order valence-electron chi connectivity index (χ3n) is 5.46. The molecule has 0 fully saturated rings. The number of anilines is 1. The van der Waals surface area contributed by atoms with Gasteiger partial charge in [0.1, 0.15) is 0 Å². The van der Waals surface area contributed by atoms with Gasteiger partial charge in [-0.05, 0) is 54.8 Å². The number of ether oxygens (including phenoxy) is 2. The van der Waals surface area contributed by atoms with E-state index in [1.807, 2.05) is 44.2 Å². The van der Waals surface area contributed by atoms with Gasteiger partial charge in [0.05, 0.1) is 12.3 Å². The largest absolute Gasteiger partial charge is 0.454 e. The number of thioether (sulfide) groups is 1. The number of amides is 1. The van der Waals surface area contributed by atoms with Crippen LogP contribution in [0.5, 0.6) is 11.5 Å². The second kappa shape index (κ2) is 9.14. The molecule has 0 spiro atoms. The molecule has 172 valence electrons. The highest BCUT2D eigenvalue weighted by molar-refractivity contribution is 7.99. The fourth-order valence-electron chi connectivity index (χ4n) is 3.55. The van der Waals surface area contributed by atoms with Crippen molar-refractivity contribution in [3.63, 3.8) is 0 Å². The smallest absolute Gasteiger partial charge is 0.282 e. The predicted octanol–water partition coefficient (Wildman–Crippen LogP) is 3.31. The summed E-state index contributed by atoms with van der Waals surface area (Å²) in [6.07, 6.45) is 2.94. The van der Waals surface area contributed by atoms with Gasteiger partial charge in [0.25, 0.3) is 5.56 Å². The molecular weight excluding hydrogens is 454 g/mol. The number of hydrogen-bond donors (Lipinski definition) is 1. The minimum absolute atomic E-state index is 0.0757. The van der Waals surface area contributed by atoms with Crippen LogP contribution in [-0.4, -0.2) is 38.0 Å². The number of nitrogens with zero attached hydrogens (tertiary/aromatic N) is 4. The van der Waals surface area contributed by atoms with E-state index in [0.717, 1.165) is 22.4 Å². The zero-order chi connectivity index (χ0) is 23.7. The van der Waals surface area contributed by atoms with Gasteiger partial charge in [0.15, 0.2) is 27.8 Å². The van der Waals surface area contributed by atoms with Gasteiger partial charge in [-0.15, -0.1) is 0 Å². The van der Waals surface area contributed by atoms with Crippen LogP contribution in [0.3, 0.4) is 0 Å². The molecule has 0 unspecified atom stereocenters. The number of nitrogens with one attached hydrogen (secondary N) is 1. The first-order valence-electron chi connectivity index (χ1n) is 10.6. The molecule has 2 aromatic carbocycles. The summed E-state index contributed by atoms with van der Waals surface area (Å²) in [6.45, 7) is 4.41. The van der Waals surface area contributed by atoms with Gasteiger partial charge in [0.2, 0.25) is 12.7 Å². The Morgan fingerprint density at radius 1 is 1.06 bits per heavy atom. The van der Waals surface area contributed by atoms with Crippen molar-refractivity contribution in [1.82, 2.24) is 19.5 Å². The van der Waals surface area contributed by atoms with E-state index in [2.05, 4.69) is 20.3 Å². The molecule has 9 nitrogen and oxygen atoms in total. The van der Waals surface area contributed by atoms with Gasteiger partial charge in [-0.3, -0.25) is 14.2 Å². The molecule has 0 saturated carbocycles. The number of aryl methyl sites for hydroxylation is 2. The molecule has 0 bridgehead atoms. The normalized spacial score (nSPS) is 12.2.